The molecule has 0 heterocycles. The summed E-state index contributed by atoms with van der Waals surface area (Å²) in [6.45, 7) is 3.52. The SMILES string of the molecule is CC(C)C[C@@H](C(=O)O)N(NC(=O)CCc1ccc(C(F)(F)F)cc1)C(=O)c1cc(Cl)ccc1Cl.OB(O)O. The Morgan fingerprint density at radius 2 is 1.58 bits per heavy atom. The smallest absolute Gasteiger partial charge is 0.480 e. The van der Waals surface area contributed by atoms with Crippen molar-refractivity contribution < 1.29 is 47.7 Å². The standard InChI is InChI=1S/C23H23Cl2F3N2O4.BH3O3/c1-13(2)11-19(22(33)34)30(21(32)17-12-16(24)8-9-18(17)25)29-20(31)10-5-14-3-6-15(7-4-14)23(26,27)28;2-1(3)4/h3-4,6-9,12-13,19H,5,10-11H2,1-2H3,(H,29,31)(H,33,34);2-4H/t19-;/m0./s1. The lowest BCUT2D eigenvalue weighted by Crippen LogP contribution is -2.55. The largest absolute Gasteiger partial charge is 0.631 e. The first-order valence-corrected chi connectivity index (χ1v) is 11.8. The third kappa shape index (κ3) is 11.3. The molecule has 0 bridgehead atoms. The summed E-state index contributed by atoms with van der Waals surface area (Å²) in [4.78, 5) is 37.7. The first-order valence-electron chi connectivity index (χ1n) is 11.0. The highest BCUT2D eigenvalue weighted by molar-refractivity contribution is 6.35. The Hall–Kier alpha value is -2.84. The number of halogens is 5. The maximum Gasteiger partial charge on any atom is 0.631 e. The number of rotatable bonds is 8. The zero-order valence-corrected chi connectivity index (χ0v) is 21.8. The molecule has 0 aliphatic heterocycles. The average Bonchev–Trinajstić information content (AvgIpc) is 2.80. The monoisotopic (exact) mass is 580 g/mol. The van der Waals surface area contributed by atoms with Crippen LogP contribution in [0.2, 0.25) is 10.0 Å². The lowest BCUT2D eigenvalue weighted by molar-refractivity contribution is -0.145. The number of benzene rings is 2. The van der Waals surface area contributed by atoms with E-state index in [-0.39, 0.29) is 40.8 Å². The molecule has 0 saturated carbocycles. The Bertz CT molecular complexity index is 1100. The molecule has 0 saturated heterocycles. The van der Waals surface area contributed by atoms with E-state index in [0.29, 0.717) is 5.56 Å². The molecule has 0 spiro atoms. The Morgan fingerprint density at radius 1 is 1.03 bits per heavy atom. The molecule has 0 unspecified atom stereocenters. The zero-order valence-electron chi connectivity index (χ0n) is 20.2. The van der Waals surface area contributed by atoms with Gasteiger partial charge in [0.2, 0.25) is 5.91 Å². The van der Waals surface area contributed by atoms with Crippen LogP contribution in [0.25, 0.3) is 0 Å². The third-order valence-corrected chi connectivity index (χ3v) is 5.40. The van der Waals surface area contributed by atoms with Crippen LogP contribution >= 0.6 is 23.2 Å². The molecule has 0 aromatic heterocycles. The number of carboxylic acids is 1. The first kappa shape index (κ1) is 33.2. The van der Waals surface area contributed by atoms with Crippen molar-refractivity contribution in [1.29, 1.82) is 0 Å². The molecule has 0 radical (unpaired) electrons. The van der Waals surface area contributed by atoms with Gasteiger partial charge in [0.25, 0.3) is 5.91 Å². The van der Waals surface area contributed by atoms with Gasteiger partial charge in [-0.15, -0.1) is 0 Å². The van der Waals surface area contributed by atoms with Crippen LogP contribution in [0.1, 0.15) is 48.2 Å². The van der Waals surface area contributed by atoms with Gasteiger partial charge >= 0.3 is 19.5 Å². The predicted octanol–water partition coefficient (Wildman–Crippen LogP) is 3.57. The van der Waals surface area contributed by atoms with Gasteiger partial charge in [0.15, 0.2) is 6.04 Å². The number of hydrogen-bond acceptors (Lipinski definition) is 6. The fourth-order valence-corrected chi connectivity index (χ4v) is 3.50. The number of carboxylic acid groups (broad SMARTS) is 1. The molecular weight excluding hydrogens is 555 g/mol. The molecule has 38 heavy (non-hydrogen) atoms. The van der Waals surface area contributed by atoms with Gasteiger partial charge in [-0.1, -0.05) is 49.2 Å². The van der Waals surface area contributed by atoms with Crippen LogP contribution in [0.4, 0.5) is 13.2 Å². The van der Waals surface area contributed by atoms with E-state index in [9.17, 15) is 32.7 Å². The van der Waals surface area contributed by atoms with Gasteiger partial charge in [-0.2, -0.15) is 13.2 Å². The van der Waals surface area contributed by atoms with E-state index in [0.717, 1.165) is 17.1 Å². The molecule has 0 aliphatic rings. The molecule has 2 amide bonds. The van der Waals surface area contributed by atoms with Crippen molar-refractivity contribution in [3.8, 4) is 0 Å². The second kappa shape index (κ2) is 14.9. The number of alkyl halides is 3. The van der Waals surface area contributed by atoms with Crippen molar-refractivity contribution in [3.05, 3.63) is 69.2 Å². The molecule has 2 rings (SSSR count). The van der Waals surface area contributed by atoms with E-state index >= 15 is 0 Å². The average molecular weight is 581 g/mol. The quantitative estimate of drug-likeness (QED) is 0.237. The molecule has 1 atom stereocenters. The minimum atomic E-state index is -4.47. The van der Waals surface area contributed by atoms with Crippen molar-refractivity contribution in [2.45, 2.75) is 45.3 Å². The normalized spacial score (nSPS) is 11.8. The van der Waals surface area contributed by atoms with Crippen LogP contribution in [-0.4, -0.2) is 56.3 Å². The summed E-state index contributed by atoms with van der Waals surface area (Å²) >= 11 is 12.1. The molecule has 208 valence electrons. The van der Waals surface area contributed by atoms with Gasteiger partial charge in [0.1, 0.15) is 0 Å². The van der Waals surface area contributed by atoms with E-state index < -0.39 is 42.9 Å². The van der Waals surface area contributed by atoms with E-state index in [4.69, 9.17) is 38.3 Å². The lowest BCUT2D eigenvalue weighted by Gasteiger charge is -2.30. The number of nitrogens with one attached hydrogen (secondary N) is 1. The second-order valence-corrected chi connectivity index (χ2v) is 9.20. The number of nitrogens with zero attached hydrogens (tertiary/aromatic N) is 1. The number of aryl methyl sites for hydroxylation is 1. The van der Waals surface area contributed by atoms with Crippen LogP contribution < -0.4 is 5.43 Å². The molecular formula is C23H26BCl2F3N2O7. The topological polar surface area (TPSA) is 147 Å². The Labute approximate surface area is 226 Å². The van der Waals surface area contributed by atoms with Gasteiger partial charge in [-0.25, -0.2) is 9.80 Å². The van der Waals surface area contributed by atoms with Gasteiger partial charge < -0.3 is 20.2 Å². The summed E-state index contributed by atoms with van der Waals surface area (Å²) in [5.41, 5.74) is 1.90. The molecule has 15 heteroatoms. The van der Waals surface area contributed by atoms with Crippen LogP contribution in [0.3, 0.4) is 0 Å². The fourth-order valence-electron chi connectivity index (χ4n) is 3.13. The fraction of sp³-hybridized carbons (Fsp3) is 0.348. The number of amides is 2. The molecule has 2 aromatic carbocycles. The Kier molecular flexibility index (Phi) is 13.0. The summed E-state index contributed by atoms with van der Waals surface area (Å²) in [7, 11) is -2.17. The van der Waals surface area contributed by atoms with Crippen LogP contribution in [-0.2, 0) is 22.2 Å². The second-order valence-electron chi connectivity index (χ2n) is 8.36. The Balaban J connectivity index is 0.00000168. The number of aliphatic carboxylic acids is 1. The highest BCUT2D eigenvalue weighted by Crippen LogP contribution is 2.29. The molecule has 0 aliphatic carbocycles. The summed E-state index contributed by atoms with van der Waals surface area (Å²) in [5, 5.41) is 32.2. The first-order chi connectivity index (χ1) is 17.5. The van der Waals surface area contributed by atoms with Crippen molar-refractivity contribution in [1.82, 2.24) is 10.4 Å². The van der Waals surface area contributed by atoms with E-state index in [1.54, 1.807) is 13.8 Å². The molecule has 0 fully saturated rings. The zero-order chi connectivity index (χ0) is 29.2. The number of carbonyl (C=O) groups is 3. The van der Waals surface area contributed by atoms with E-state index in [1.807, 2.05) is 0 Å². The minimum Gasteiger partial charge on any atom is -0.480 e. The van der Waals surface area contributed by atoms with Gasteiger partial charge in [-0.05, 0) is 54.7 Å². The third-order valence-electron chi connectivity index (χ3n) is 4.84. The summed E-state index contributed by atoms with van der Waals surface area (Å²) in [6.07, 6.45) is -4.56. The summed E-state index contributed by atoms with van der Waals surface area (Å²) in [6, 6.07) is 7.03. The van der Waals surface area contributed by atoms with Crippen LogP contribution in [0.5, 0.6) is 0 Å². The summed E-state index contributed by atoms with van der Waals surface area (Å²) < 4.78 is 38.1. The molecule has 2 aromatic rings. The van der Waals surface area contributed by atoms with Gasteiger partial charge in [0.05, 0.1) is 16.1 Å². The number of carbonyl (C=O) groups excluding carboxylic acids is 2. The van der Waals surface area contributed by atoms with Gasteiger partial charge in [0, 0.05) is 11.4 Å². The maximum absolute atomic E-state index is 13.2. The predicted molar refractivity (Wildman–Crippen MR) is 134 cm³/mol. The molecule has 9 nitrogen and oxygen atoms in total. The minimum absolute atomic E-state index is 0.0205. The maximum atomic E-state index is 13.2. The number of hydrazine groups is 1. The Morgan fingerprint density at radius 3 is 2.05 bits per heavy atom. The number of hydrogen-bond donors (Lipinski definition) is 5. The van der Waals surface area contributed by atoms with Crippen molar-refractivity contribution >= 4 is 48.3 Å². The highest BCUT2D eigenvalue weighted by atomic mass is 35.5. The van der Waals surface area contributed by atoms with Crippen LogP contribution in [0.15, 0.2) is 42.5 Å². The molecule has 5 N–H and O–H groups in total. The lowest BCUT2D eigenvalue weighted by atomic mass is 10.0. The van der Waals surface area contributed by atoms with Crippen molar-refractivity contribution in [2.24, 2.45) is 5.92 Å². The van der Waals surface area contributed by atoms with Crippen molar-refractivity contribution in [3.63, 3.8) is 0 Å². The van der Waals surface area contributed by atoms with Crippen molar-refractivity contribution in [2.75, 3.05) is 0 Å². The highest BCUT2D eigenvalue weighted by Gasteiger charge is 2.34. The summed E-state index contributed by atoms with van der Waals surface area (Å²) in [5.74, 6) is -3.01. The van der Waals surface area contributed by atoms with E-state index in [2.05, 4.69) is 5.43 Å². The van der Waals surface area contributed by atoms with Gasteiger partial charge in [-0.3, -0.25) is 15.0 Å². The van der Waals surface area contributed by atoms with Crippen LogP contribution in [0, 0.1) is 5.92 Å². The van der Waals surface area contributed by atoms with E-state index in [1.165, 1.54) is 30.3 Å².